The van der Waals surface area contributed by atoms with Gasteiger partial charge in [0.25, 0.3) is 5.91 Å². The summed E-state index contributed by atoms with van der Waals surface area (Å²) in [5.41, 5.74) is 8.29. The molecule has 9 heteroatoms. The highest BCUT2D eigenvalue weighted by Gasteiger charge is 2.19. The van der Waals surface area contributed by atoms with Gasteiger partial charge in [-0.05, 0) is 53.9 Å². The van der Waals surface area contributed by atoms with Gasteiger partial charge in [-0.3, -0.25) is 9.59 Å². The predicted octanol–water partition coefficient (Wildman–Crippen LogP) is 3.01. The molecule has 0 aliphatic rings. The number of benzene rings is 2. The van der Waals surface area contributed by atoms with Crippen molar-refractivity contribution in [3.8, 4) is 11.1 Å². The molecule has 3 rings (SSSR count). The number of nitrogens with one attached hydrogen (secondary N) is 1. The number of amides is 1. The molecular formula is C22H21F2N3O4. The second-order valence-corrected chi connectivity index (χ2v) is 6.44. The number of aromatic nitrogens is 1. The van der Waals surface area contributed by atoms with E-state index >= 15 is 0 Å². The van der Waals surface area contributed by atoms with E-state index in [4.69, 9.17) is 10.8 Å². The summed E-state index contributed by atoms with van der Waals surface area (Å²) in [4.78, 5) is 27.3. The predicted molar refractivity (Wildman–Crippen MR) is 112 cm³/mol. The molecule has 1 aromatic heterocycles. The lowest BCUT2D eigenvalue weighted by Gasteiger charge is -2.14. The van der Waals surface area contributed by atoms with E-state index in [-0.39, 0.29) is 16.9 Å². The zero-order valence-electron chi connectivity index (χ0n) is 16.8. The Morgan fingerprint density at radius 2 is 1.77 bits per heavy atom. The summed E-state index contributed by atoms with van der Waals surface area (Å²) >= 11 is 0. The van der Waals surface area contributed by atoms with E-state index in [1.165, 1.54) is 6.20 Å². The molecule has 1 amide bonds. The van der Waals surface area contributed by atoms with Crippen molar-refractivity contribution in [2.24, 2.45) is 0 Å². The smallest absolute Gasteiger partial charge is 0.257 e. The largest absolute Gasteiger partial charge is 0.400 e. The fourth-order valence-corrected chi connectivity index (χ4v) is 2.89. The summed E-state index contributed by atoms with van der Waals surface area (Å²) in [7, 11) is 1.00. The van der Waals surface area contributed by atoms with Crippen LogP contribution in [-0.2, 0) is 4.79 Å². The number of rotatable bonds is 5. The quantitative estimate of drug-likeness (QED) is 0.462. The maximum absolute atomic E-state index is 13.3. The molecular weight excluding hydrogens is 408 g/mol. The number of nitrogens with two attached hydrogens (primary N) is 1. The molecule has 0 saturated carbocycles. The highest BCUT2D eigenvalue weighted by Crippen LogP contribution is 2.27. The summed E-state index contributed by atoms with van der Waals surface area (Å²) in [6.45, 7) is 1.79. The Hall–Kier alpha value is -3.69. The number of aryl methyl sites for hydroxylation is 1. The third-order valence-electron chi connectivity index (χ3n) is 4.33. The molecule has 0 radical (unpaired) electrons. The highest BCUT2D eigenvalue weighted by atomic mass is 19.1. The summed E-state index contributed by atoms with van der Waals surface area (Å²) in [6, 6.07) is 9.00. The van der Waals surface area contributed by atoms with Crippen LogP contribution in [-0.4, -0.2) is 34.5 Å². The number of nitrogen functional groups attached to an aromatic ring is 1. The number of aliphatic hydroxyl groups excluding tert-OH is 2. The van der Waals surface area contributed by atoms with Gasteiger partial charge >= 0.3 is 0 Å². The van der Waals surface area contributed by atoms with Crippen LogP contribution in [0, 0.1) is 18.6 Å². The van der Waals surface area contributed by atoms with Gasteiger partial charge in [0.1, 0.15) is 17.5 Å². The van der Waals surface area contributed by atoms with Crippen molar-refractivity contribution >= 4 is 23.7 Å². The molecule has 5 N–H and O–H groups in total. The average Bonchev–Trinajstić information content (AvgIpc) is 2.74. The number of halogens is 2. The van der Waals surface area contributed by atoms with E-state index in [1.807, 2.05) is 0 Å². The van der Waals surface area contributed by atoms with Crippen LogP contribution >= 0.6 is 0 Å². The monoisotopic (exact) mass is 429 g/mol. The maximum Gasteiger partial charge on any atom is 0.257 e. The van der Waals surface area contributed by atoms with Crippen LogP contribution in [0.3, 0.4) is 0 Å². The number of carbonyl (C=O) groups is 2. The van der Waals surface area contributed by atoms with Crippen molar-refractivity contribution < 1.29 is 28.6 Å². The van der Waals surface area contributed by atoms with Crippen molar-refractivity contribution in [2.75, 3.05) is 18.2 Å². The van der Waals surface area contributed by atoms with Gasteiger partial charge < -0.3 is 21.3 Å². The fourth-order valence-electron chi connectivity index (χ4n) is 2.89. The Morgan fingerprint density at radius 3 is 2.35 bits per heavy atom. The SMILES string of the molecule is CO.Cc1cc(NC(=O)C(O)c2cc(F)cc(F)c2)ccc1-c1cnc(N)c(C=O)c1. The van der Waals surface area contributed by atoms with Crippen LogP contribution in [0.1, 0.15) is 27.6 Å². The second-order valence-electron chi connectivity index (χ2n) is 6.44. The van der Waals surface area contributed by atoms with E-state index in [9.17, 15) is 23.5 Å². The number of nitrogens with zero attached hydrogens (tertiary/aromatic N) is 1. The molecule has 1 unspecified atom stereocenters. The third kappa shape index (κ3) is 5.68. The molecule has 162 valence electrons. The molecule has 31 heavy (non-hydrogen) atoms. The first-order chi connectivity index (χ1) is 14.8. The summed E-state index contributed by atoms with van der Waals surface area (Å²) in [5, 5.41) is 19.6. The number of anilines is 2. The van der Waals surface area contributed by atoms with Crippen LogP contribution in [0.25, 0.3) is 11.1 Å². The van der Waals surface area contributed by atoms with Crippen LogP contribution in [0.5, 0.6) is 0 Å². The zero-order chi connectivity index (χ0) is 23.1. The van der Waals surface area contributed by atoms with E-state index in [0.717, 1.165) is 30.4 Å². The number of pyridine rings is 1. The Kier molecular flexibility index (Phi) is 7.89. The van der Waals surface area contributed by atoms with Gasteiger partial charge in [-0.1, -0.05) is 6.07 Å². The first-order valence-corrected chi connectivity index (χ1v) is 9.00. The molecule has 0 aliphatic heterocycles. The molecule has 0 aliphatic carbocycles. The molecule has 1 heterocycles. The summed E-state index contributed by atoms with van der Waals surface area (Å²) in [6.07, 6.45) is 0.411. The van der Waals surface area contributed by atoms with Crippen LogP contribution in [0.2, 0.25) is 0 Å². The van der Waals surface area contributed by atoms with E-state index in [2.05, 4.69) is 10.3 Å². The van der Waals surface area contributed by atoms with Crippen molar-refractivity contribution in [3.63, 3.8) is 0 Å². The lowest BCUT2D eigenvalue weighted by atomic mass is 10.00. The van der Waals surface area contributed by atoms with Crippen molar-refractivity contribution in [3.05, 3.63) is 77.0 Å². The summed E-state index contributed by atoms with van der Waals surface area (Å²) < 4.78 is 26.6. The van der Waals surface area contributed by atoms with E-state index in [0.29, 0.717) is 23.6 Å². The van der Waals surface area contributed by atoms with Gasteiger partial charge in [0, 0.05) is 30.6 Å². The molecule has 3 aromatic rings. The maximum atomic E-state index is 13.3. The second kappa shape index (κ2) is 10.4. The Balaban J connectivity index is 0.00000166. The highest BCUT2D eigenvalue weighted by molar-refractivity contribution is 5.95. The van der Waals surface area contributed by atoms with E-state index in [1.54, 1.807) is 31.2 Å². The topological polar surface area (TPSA) is 126 Å². The van der Waals surface area contributed by atoms with Gasteiger partial charge in [0.2, 0.25) is 0 Å². The Labute approximate surface area is 177 Å². The Bertz CT molecular complexity index is 1090. The van der Waals surface area contributed by atoms with Crippen molar-refractivity contribution in [2.45, 2.75) is 13.0 Å². The molecule has 7 nitrogen and oxygen atoms in total. The van der Waals surface area contributed by atoms with Crippen LogP contribution < -0.4 is 11.1 Å². The molecule has 1 atom stereocenters. The molecule has 0 bridgehead atoms. The van der Waals surface area contributed by atoms with Gasteiger partial charge in [-0.15, -0.1) is 0 Å². The minimum atomic E-state index is -1.74. The van der Waals surface area contributed by atoms with Crippen LogP contribution in [0.4, 0.5) is 20.3 Å². The number of hydrogen-bond donors (Lipinski definition) is 4. The zero-order valence-corrected chi connectivity index (χ0v) is 16.8. The first-order valence-electron chi connectivity index (χ1n) is 9.00. The van der Waals surface area contributed by atoms with Crippen molar-refractivity contribution in [1.29, 1.82) is 0 Å². The fraction of sp³-hybridized carbons (Fsp3) is 0.136. The van der Waals surface area contributed by atoms with Gasteiger partial charge in [-0.2, -0.15) is 0 Å². The molecule has 0 fully saturated rings. The van der Waals surface area contributed by atoms with Crippen LogP contribution in [0.15, 0.2) is 48.7 Å². The molecule has 0 saturated heterocycles. The number of carbonyl (C=O) groups excluding carboxylic acids is 2. The number of aldehydes is 1. The van der Waals surface area contributed by atoms with Gasteiger partial charge in [0.15, 0.2) is 12.4 Å². The van der Waals surface area contributed by atoms with E-state index < -0.39 is 23.6 Å². The average molecular weight is 429 g/mol. The lowest BCUT2D eigenvalue weighted by Crippen LogP contribution is -2.21. The van der Waals surface area contributed by atoms with Crippen molar-refractivity contribution in [1.82, 2.24) is 4.98 Å². The molecule has 0 spiro atoms. The third-order valence-corrected chi connectivity index (χ3v) is 4.33. The first kappa shape index (κ1) is 23.6. The minimum Gasteiger partial charge on any atom is -0.400 e. The lowest BCUT2D eigenvalue weighted by molar-refractivity contribution is -0.124. The standard InChI is InChI=1S/C21H17F2N3O3.CH4O/c1-11-4-17(2-3-18(11)13-5-14(10-27)20(24)25-9-13)26-21(29)19(28)12-6-15(22)8-16(23)7-12;1-2/h2-10,19,28H,1H3,(H2,24,25)(H,26,29);2H,1H3. The summed E-state index contributed by atoms with van der Waals surface area (Å²) in [5.74, 6) is -2.48. The molecule has 2 aromatic carbocycles. The van der Waals surface area contributed by atoms with Gasteiger partial charge in [0.05, 0.1) is 5.56 Å². The number of hydrogen-bond acceptors (Lipinski definition) is 6. The normalized spacial score (nSPS) is 11.2. The minimum absolute atomic E-state index is 0.132. The number of aliphatic hydroxyl groups is 2. The van der Waals surface area contributed by atoms with Gasteiger partial charge in [-0.25, -0.2) is 13.8 Å². The Morgan fingerprint density at radius 1 is 1.13 bits per heavy atom.